The lowest BCUT2D eigenvalue weighted by molar-refractivity contribution is 0.588. The van der Waals surface area contributed by atoms with Crippen LogP contribution in [-0.2, 0) is 15.8 Å². The summed E-state index contributed by atoms with van der Waals surface area (Å²) >= 11 is 0. The number of nitrogens with two attached hydrogens (primary N) is 1. The van der Waals surface area contributed by atoms with Gasteiger partial charge in [-0.1, -0.05) is 30.3 Å². The number of aromatic nitrogens is 3. The average Bonchev–Trinajstić information content (AvgIpc) is 2.83. The molecule has 1 aromatic carbocycles. The molecule has 0 aliphatic carbocycles. The summed E-state index contributed by atoms with van der Waals surface area (Å²) in [6, 6.07) is 10.6. The van der Waals surface area contributed by atoms with Crippen LogP contribution in [0.3, 0.4) is 0 Å². The maximum atomic E-state index is 12.4. The predicted octanol–water partition coefficient (Wildman–Crippen LogP) is 1.39. The molecule has 0 saturated carbocycles. The zero-order valence-electron chi connectivity index (χ0n) is 10.5. The van der Waals surface area contributed by atoms with Crippen LogP contribution in [0, 0.1) is 0 Å². The third-order valence-electron chi connectivity index (χ3n) is 2.87. The number of hydrogen-bond donors (Lipinski definition) is 1. The van der Waals surface area contributed by atoms with E-state index < -0.39 is 10.0 Å². The highest BCUT2D eigenvalue weighted by atomic mass is 32.2. The molecule has 0 amide bonds. The van der Waals surface area contributed by atoms with Crippen LogP contribution in [0.5, 0.6) is 0 Å². The zero-order valence-corrected chi connectivity index (χ0v) is 11.3. The van der Waals surface area contributed by atoms with E-state index in [9.17, 15) is 8.42 Å². The highest BCUT2D eigenvalue weighted by molar-refractivity contribution is 7.89. The van der Waals surface area contributed by atoms with Crippen LogP contribution in [-0.4, -0.2) is 22.4 Å². The molecule has 2 heterocycles. The summed E-state index contributed by atoms with van der Waals surface area (Å²) in [5.74, 6) is 0.166. The summed E-state index contributed by atoms with van der Waals surface area (Å²) in [4.78, 5) is 8.09. The molecule has 6 nitrogen and oxygen atoms in total. The van der Waals surface area contributed by atoms with Gasteiger partial charge in [-0.3, -0.25) is 0 Å². The number of benzene rings is 1. The van der Waals surface area contributed by atoms with Gasteiger partial charge in [0.2, 0.25) is 10.0 Å². The zero-order chi connectivity index (χ0) is 14.2. The largest absolute Gasteiger partial charge is 0.382 e. The molecular formula is C13H12N4O2S. The molecule has 0 saturated heterocycles. The summed E-state index contributed by atoms with van der Waals surface area (Å²) in [7, 11) is -3.54. The van der Waals surface area contributed by atoms with Crippen molar-refractivity contribution < 1.29 is 8.42 Å². The number of hydrogen-bond acceptors (Lipinski definition) is 5. The van der Waals surface area contributed by atoms with Gasteiger partial charge in [-0.25, -0.2) is 22.4 Å². The van der Waals surface area contributed by atoms with Crippen LogP contribution in [0.4, 0.5) is 5.82 Å². The Bertz CT molecular complexity index is 856. The van der Waals surface area contributed by atoms with E-state index in [1.807, 2.05) is 6.07 Å². The minimum Gasteiger partial charge on any atom is -0.382 e. The van der Waals surface area contributed by atoms with E-state index in [-0.39, 0.29) is 17.2 Å². The molecule has 0 fully saturated rings. The number of nitrogen functional groups attached to an aromatic ring is 1. The van der Waals surface area contributed by atoms with Crippen LogP contribution in [0.2, 0.25) is 0 Å². The Balaban J connectivity index is 2.06. The van der Waals surface area contributed by atoms with Crippen LogP contribution >= 0.6 is 0 Å². The first-order valence-electron chi connectivity index (χ1n) is 5.93. The van der Waals surface area contributed by atoms with Gasteiger partial charge in [0.1, 0.15) is 11.3 Å². The second kappa shape index (κ2) is 4.61. The van der Waals surface area contributed by atoms with Crippen molar-refractivity contribution in [2.45, 2.75) is 5.75 Å². The fourth-order valence-electron chi connectivity index (χ4n) is 1.98. The van der Waals surface area contributed by atoms with E-state index in [1.54, 1.807) is 30.3 Å². The number of nitrogens with zero attached hydrogens (tertiary/aromatic N) is 3. The third kappa shape index (κ3) is 2.23. The Morgan fingerprint density at radius 1 is 1.15 bits per heavy atom. The molecule has 2 aromatic heterocycles. The van der Waals surface area contributed by atoms with E-state index in [1.165, 1.54) is 12.4 Å². The van der Waals surface area contributed by atoms with Crippen LogP contribution in [0.1, 0.15) is 5.56 Å². The summed E-state index contributed by atoms with van der Waals surface area (Å²) in [6.07, 6.45) is 2.79. The Morgan fingerprint density at radius 2 is 1.90 bits per heavy atom. The first-order chi connectivity index (χ1) is 9.56. The fourth-order valence-corrected chi connectivity index (χ4v) is 3.38. The van der Waals surface area contributed by atoms with Crippen molar-refractivity contribution in [1.82, 2.24) is 13.9 Å². The van der Waals surface area contributed by atoms with E-state index in [0.29, 0.717) is 5.52 Å². The molecule has 0 spiro atoms. The lowest BCUT2D eigenvalue weighted by Gasteiger charge is -2.06. The second-order valence-electron chi connectivity index (χ2n) is 4.36. The summed E-state index contributed by atoms with van der Waals surface area (Å²) in [5.41, 5.74) is 7.00. The normalized spacial score (nSPS) is 11.8. The van der Waals surface area contributed by atoms with Gasteiger partial charge in [0.15, 0.2) is 5.65 Å². The SMILES string of the molecule is Nc1cnc2c(ccn2S(=O)(=O)Cc2ccccc2)n1. The van der Waals surface area contributed by atoms with Crippen LogP contribution in [0.25, 0.3) is 11.2 Å². The highest BCUT2D eigenvalue weighted by Gasteiger charge is 2.18. The first kappa shape index (κ1) is 12.6. The van der Waals surface area contributed by atoms with Crippen molar-refractivity contribution in [2.75, 3.05) is 5.73 Å². The summed E-state index contributed by atoms with van der Waals surface area (Å²) in [5, 5.41) is 0. The van der Waals surface area contributed by atoms with E-state index in [2.05, 4.69) is 9.97 Å². The van der Waals surface area contributed by atoms with Crippen molar-refractivity contribution >= 4 is 27.0 Å². The first-order valence-corrected chi connectivity index (χ1v) is 7.54. The fraction of sp³-hybridized carbons (Fsp3) is 0.0769. The molecule has 20 heavy (non-hydrogen) atoms. The molecule has 0 bridgehead atoms. The summed E-state index contributed by atoms with van der Waals surface area (Å²) < 4.78 is 26.0. The highest BCUT2D eigenvalue weighted by Crippen LogP contribution is 2.17. The van der Waals surface area contributed by atoms with Gasteiger partial charge >= 0.3 is 0 Å². The Hall–Kier alpha value is -2.41. The van der Waals surface area contributed by atoms with Gasteiger partial charge in [0.25, 0.3) is 0 Å². The van der Waals surface area contributed by atoms with Gasteiger partial charge < -0.3 is 5.73 Å². The third-order valence-corrected chi connectivity index (χ3v) is 4.46. The van der Waals surface area contributed by atoms with E-state index in [4.69, 9.17) is 5.73 Å². The number of rotatable bonds is 3. The van der Waals surface area contributed by atoms with Crippen molar-refractivity contribution in [3.05, 3.63) is 54.4 Å². The standard InChI is InChI=1S/C13H12N4O2S/c14-12-8-15-13-11(16-12)6-7-17(13)20(18,19)9-10-4-2-1-3-5-10/h1-8H,9H2,(H2,14,16). The quantitative estimate of drug-likeness (QED) is 0.786. The van der Waals surface area contributed by atoms with Gasteiger partial charge in [-0.15, -0.1) is 0 Å². The molecule has 0 aliphatic rings. The van der Waals surface area contributed by atoms with Crippen LogP contribution in [0.15, 0.2) is 48.8 Å². The van der Waals surface area contributed by atoms with Gasteiger partial charge in [-0.05, 0) is 11.6 Å². The molecular weight excluding hydrogens is 276 g/mol. The van der Waals surface area contributed by atoms with Gasteiger partial charge in [0, 0.05) is 6.20 Å². The minimum atomic E-state index is -3.54. The van der Waals surface area contributed by atoms with E-state index >= 15 is 0 Å². The number of fused-ring (bicyclic) bond motifs is 1. The Labute approximate surface area is 115 Å². The lowest BCUT2D eigenvalue weighted by Crippen LogP contribution is -2.14. The second-order valence-corrected chi connectivity index (χ2v) is 6.20. The smallest absolute Gasteiger partial charge is 0.244 e. The van der Waals surface area contributed by atoms with Crippen molar-refractivity contribution in [3.8, 4) is 0 Å². The van der Waals surface area contributed by atoms with E-state index in [0.717, 1.165) is 9.54 Å². The van der Waals surface area contributed by atoms with Crippen molar-refractivity contribution in [3.63, 3.8) is 0 Å². The summed E-state index contributed by atoms with van der Waals surface area (Å²) in [6.45, 7) is 0. The minimum absolute atomic E-state index is 0.0936. The maximum absolute atomic E-state index is 12.4. The number of anilines is 1. The molecule has 3 aromatic rings. The molecule has 0 atom stereocenters. The predicted molar refractivity (Wildman–Crippen MR) is 76.4 cm³/mol. The Morgan fingerprint density at radius 3 is 2.65 bits per heavy atom. The van der Waals surface area contributed by atoms with Crippen molar-refractivity contribution in [2.24, 2.45) is 0 Å². The molecule has 7 heteroatoms. The van der Waals surface area contributed by atoms with Crippen LogP contribution < -0.4 is 5.73 Å². The molecule has 2 N–H and O–H groups in total. The molecule has 0 unspecified atom stereocenters. The monoisotopic (exact) mass is 288 g/mol. The molecule has 0 radical (unpaired) electrons. The molecule has 102 valence electrons. The molecule has 3 rings (SSSR count). The van der Waals surface area contributed by atoms with Gasteiger partial charge in [0.05, 0.1) is 11.9 Å². The van der Waals surface area contributed by atoms with Gasteiger partial charge in [-0.2, -0.15) is 0 Å². The molecule has 0 aliphatic heterocycles. The maximum Gasteiger partial charge on any atom is 0.244 e. The Kier molecular flexibility index (Phi) is 2.90. The lowest BCUT2D eigenvalue weighted by atomic mass is 10.2. The van der Waals surface area contributed by atoms with Crippen molar-refractivity contribution in [1.29, 1.82) is 0 Å². The topological polar surface area (TPSA) is 90.9 Å². The average molecular weight is 288 g/mol.